The average molecular weight is 382 g/mol. The number of nitrogens with zero attached hydrogens (tertiary/aromatic N) is 2. The molecule has 0 aliphatic heterocycles. The molecule has 2 aromatic rings. The standard InChI is InChI=1S/C17H20ClN3O3S/c1-5-23-16(22)15-11(4)20-17(25-15)21-19-9-12-6-7-14(13(18)8-12)24-10(2)3/h6-10H,5H2,1-4H3,(H,20,21)/b19-9-. The Morgan fingerprint density at radius 1 is 1.48 bits per heavy atom. The number of hydrogen-bond acceptors (Lipinski definition) is 7. The Hall–Kier alpha value is -2.12. The number of carbonyl (C=O) groups excluding carboxylic acids is 1. The van der Waals surface area contributed by atoms with Gasteiger partial charge in [-0.15, -0.1) is 0 Å². The van der Waals surface area contributed by atoms with Crippen molar-refractivity contribution in [3.05, 3.63) is 39.4 Å². The average Bonchev–Trinajstić information content (AvgIpc) is 2.91. The fourth-order valence-corrected chi connectivity index (χ4v) is 2.98. The van der Waals surface area contributed by atoms with E-state index in [0.717, 1.165) is 5.56 Å². The van der Waals surface area contributed by atoms with Gasteiger partial charge in [0.2, 0.25) is 5.13 Å². The van der Waals surface area contributed by atoms with Gasteiger partial charge in [0.15, 0.2) is 0 Å². The zero-order chi connectivity index (χ0) is 18.4. The van der Waals surface area contributed by atoms with E-state index in [9.17, 15) is 4.79 Å². The summed E-state index contributed by atoms with van der Waals surface area (Å²) < 4.78 is 10.6. The molecular weight excluding hydrogens is 362 g/mol. The number of thiazole rings is 1. The van der Waals surface area contributed by atoms with Crippen molar-refractivity contribution in [1.82, 2.24) is 4.98 Å². The monoisotopic (exact) mass is 381 g/mol. The molecule has 6 nitrogen and oxygen atoms in total. The minimum Gasteiger partial charge on any atom is -0.489 e. The molecule has 0 bridgehead atoms. The number of aromatic nitrogens is 1. The number of carbonyl (C=O) groups is 1. The second kappa shape index (κ2) is 8.82. The molecule has 0 spiro atoms. The van der Waals surface area contributed by atoms with Crippen LogP contribution >= 0.6 is 22.9 Å². The fourth-order valence-electron chi connectivity index (χ4n) is 1.94. The Morgan fingerprint density at radius 2 is 2.24 bits per heavy atom. The predicted molar refractivity (Wildman–Crippen MR) is 101 cm³/mol. The summed E-state index contributed by atoms with van der Waals surface area (Å²) in [5.41, 5.74) is 4.24. The zero-order valence-electron chi connectivity index (χ0n) is 14.5. The van der Waals surface area contributed by atoms with Crippen LogP contribution in [0.5, 0.6) is 5.75 Å². The molecule has 0 fully saturated rings. The summed E-state index contributed by atoms with van der Waals surface area (Å²) in [7, 11) is 0. The van der Waals surface area contributed by atoms with Crippen LogP contribution in [0.3, 0.4) is 0 Å². The van der Waals surface area contributed by atoms with Crippen molar-refractivity contribution < 1.29 is 14.3 Å². The molecule has 134 valence electrons. The van der Waals surface area contributed by atoms with E-state index in [-0.39, 0.29) is 12.1 Å². The lowest BCUT2D eigenvalue weighted by Crippen LogP contribution is -2.05. The fraction of sp³-hybridized carbons (Fsp3) is 0.353. The van der Waals surface area contributed by atoms with Gasteiger partial charge in [0.1, 0.15) is 10.6 Å². The first-order valence-corrected chi connectivity index (χ1v) is 9.00. The van der Waals surface area contributed by atoms with Gasteiger partial charge in [0, 0.05) is 0 Å². The van der Waals surface area contributed by atoms with Crippen LogP contribution in [-0.4, -0.2) is 29.9 Å². The molecule has 0 unspecified atom stereocenters. The van der Waals surface area contributed by atoms with E-state index in [1.807, 2.05) is 19.9 Å². The van der Waals surface area contributed by atoms with E-state index in [0.29, 0.717) is 33.1 Å². The number of hydrazone groups is 1. The second-order valence-corrected chi connectivity index (χ2v) is 6.79. The van der Waals surface area contributed by atoms with E-state index in [2.05, 4.69) is 15.5 Å². The largest absolute Gasteiger partial charge is 0.489 e. The van der Waals surface area contributed by atoms with Crippen LogP contribution in [0.4, 0.5) is 5.13 Å². The molecule has 0 atom stereocenters. The summed E-state index contributed by atoms with van der Waals surface area (Å²) in [6, 6.07) is 5.42. The third-order valence-corrected chi connectivity index (χ3v) is 4.29. The smallest absolute Gasteiger partial charge is 0.350 e. The lowest BCUT2D eigenvalue weighted by atomic mass is 10.2. The molecule has 1 aromatic carbocycles. The lowest BCUT2D eigenvalue weighted by Gasteiger charge is -2.11. The number of rotatable bonds is 7. The van der Waals surface area contributed by atoms with Crippen LogP contribution in [0, 0.1) is 6.92 Å². The molecule has 2 rings (SSSR count). The first kappa shape index (κ1) is 19.2. The molecular formula is C17H20ClN3O3S. The third-order valence-electron chi connectivity index (χ3n) is 2.95. The highest BCUT2D eigenvalue weighted by Gasteiger charge is 2.15. The Kier molecular flexibility index (Phi) is 6.78. The Balaban J connectivity index is 2.02. The van der Waals surface area contributed by atoms with Crippen molar-refractivity contribution in [3.63, 3.8) is 0 Å². The Labute approximate surface area is 155 Å². The van der Waals surface area contributed by atoms with Crippen LogP contribution in [0.15, 0.2) is 23.3 Å². The number of aryl methyl sites for hydroxylation is 1. The lowest BCUT2D eigenvalue weighted by molar-refractivity contribution is 0.0531. The first-order valence-electron chi connectivity index (χ1n) is 7.80. The van der Waals surface area contributed by atoms with Crippen molar-refractivity contribution in [2.45, 2.75) is 33.8 Å². The normalized spacial score (nSPS) is 11.1. The van der Waals surface area contributed by atoms with E-state index in [1.54, 1.807) is 32.2 Å². The zero-order valence-corrected chi connectivity index (χ0v) is 16.1. The number of hydrogen-bond donors (Lipinski definition) is 1. The molecule has 1 aromatic heterocycles. The summed E-state index contributed by atoms with van der Waals surface area (Å²) in [5.74, 6) is 0.262. The van der Waals surface area contributed by atoms with Gasteiger partial charge in [-0.1, -0.05) is 22.9 Å². The van der Waals surface area contributed by atoms with Crippen LogP contribution in [0.2, 0.25) is 5.02 Å². The molecule has 8 heteroatoms. The summed E-state index contributed by atoms with van der Waals surface area (Å²) in [5, 5.41) is 5.16. The number of halogens is 1. The van der Waals surface area contributed by atoms with Crippen LogP contribution in [-0.2, 0) is 4.74 Å². The summed E-state index contributed by atoms with van der Waals surface area (Å²) in [6.45, 7) is 7.73. The quantitative estimate of drug-likeness (QED) is 0.434. The Bertz CT molecular complexity index is 774. The molecule has 1 heterocycles. The van der Waals surface area contributed by atoms with E-state index < -0.39 is 0 Å². The van der Waals surface area contributed by atoms with Gasteiger partial charge >= 0.3 is 5.97 Å². The van der Waals surface area contributed by atoms with Gasteiger partial charge < -0.3 is 9.47 Å². The highest BCUT2D eigenvalue weighted by molar-refractivity contribution is 7.17. The topological polar surface area (TPSA) is 72.8 Å². The van der Waals surface area contributed by atoms with Gasteiger partial charge in [0.05, 0.1) is 29.6 Å². The van der Waals surface area contributed by atoms with Gasteiger partial charge in [-0.25, -0.2) is 9.78 Å². The molecule has 0 amide bonds. The van der Waals surface area contributed by atoms with E-state index in [1.165, 1.54) is 11.3 Å². The highest BCUT2D eigenvalue weighted by atomic mass is 35.5. The van der Waals surface area contributed by atoms with Gasteiger partial charge in [-0.2, -0.15) is 5.10 Å². The first-order chi connectivity index (χ1) is 11.9. The van der Waals surface area contributed by atoms with E-state index in [4.69, 9.17) is 21.1 Å². The number of anilines is 1. The summed E-state index contributed by atoms with van der Waals surface area (Å²) in [6.07, 6.45) is 1.67. The van der Waals surface area contributed by atoms with Crippen molar-refractivity contribution in [1.29, 1.82) is 0 Å². The van der Waals surface area contributed by atoms with Crippen molar-refractivity contribution in [2.24, 2.45) is 5.10 Å². The Morgan fingerprint density at radius 3 is 2.88 bits per heavy atom. The van der Waals surface area contributed by atoms with Gasteiger partial charge in [-0.3, -0.25) is 5.43 Å². The van der Waals surface area contributed by atoms with Crippen molar-refractivity contribution in [3.8, 4) is 5.75 Å². The van der Waals surface area contributed by atoms with E-state index >= 15 is 0 Å². The maximum atomic E-state index is 11.8. The van der Waals surface area contributed by atoms with Crippen LogP contribution in [0.1, 0.15) is 41.7 Å². The SMILES string of the molecule is CCOC(=O)c1sc(N/N=C\c2ccc(OC(C)C)c(Cl)c2)nc1C. The summed E-state index contributed by atoms with van der Waals surface area (Å²) in [4.78, 5) is 16.5. The number of ether oxygens (including phenoxy) is 2. The molecule has 1 N–H and O–H groups in total. The molecule has 0 aliphatic carbocycles. The van der Waals surface area contributed by atoms with Crippen molar-refractivity contribution >= 4 is 40.3 Å². The number of esters is 1. The number of nitrogens with one attached hydrogen (secondary N) is 1. The van der Waals surface area contributed by atoms with Crippen LogP contribution < -0.4 is 10.2 Å². The molecule has 0 saturated carbocycles. The third kappa shape index (κ3) is 5.44. The minimum atomic E-state index is -0.373. The maximum Gasteiger partial charge on any atom is 0.350 e. The molecule has 0 aliphatic rings. The van der Waals surface area contributed by atoms with Crippen LogP contribution in [0.25, 0.3) is 0 Å². The number of benzene rings is 1. The summed E-state index contributed by atoms with van der Waals surface area (Å²) >= 11 is 7.39. The predicted octanol–water partition coefficient (Wildman–Crippen LogP) is 4.51. The molecule has 0 radical (unpaired) electrons. The molecule has 25 heavy (non-hydrogen) atoms. The van der Waals surface area contributed by atoms with Gasteiger partial charge in [-0.05, 0) is 51.5 Å². The minimum absolute atomic E-state index is 0.0559. The van der Waals surface area contributed by atoms with Crippen molar-refractivity contribution in [2.75, 3.05) is 12.0 Å². The molecule has 0 saturated heterocycles. The maximum absolute atomic E-state index is 11.8. The van der Waals surface area contributed by atoms with Gasteiger partial charge in [0.25, 0.3) is 0 Å². The highest BCUT2D eigenvalue weighted by Crippen LogP contribution is 2.26. The second-order valence-electron chi connectivity index (χ2n) is 5.38.